The summed E-state index contributed by atoms with van der Waals surface area (Å²) in [7, 11) is 0. The minimum Gasteiger partial charge on any atom is -0.399 e. The van der Waals surface area contributed by atoms with Crippen molar-refractivity contribution in [1.29, 1.82) is 0 Å². The Hall–Kier alpha value is -1.88. The van der Waals surface area contributed by atoms with Crippen LogP contribution in [0.25, 0.3) is 10.9 Å². The van der Waals surface area contributed by atoms with Crippen molar-refractivity contribution in [3.63, 3.8) is 0 Å². The van der Waals surface area contributed by atoms with E-state index in [2.05, 4.69) is 21.8 Å². The molecule has 0 aliphatic carbocycles. The molecule has 0 amide bonds. The van der Waals surface area contributed by atoms with Gasteiger partial charge in [0.05, 0.1) is 11.6 Å². The smallest absolute Gasteiger partial charge is 0.139 e. The molecule has 1 aromatic heterocycles. The molecule has 3 rings (SSSR count). The second-order valence-corrected chi connectivity index (χ2v) is 4.95. The molecule has 2 aromatic rings. The van der Waals surface area contributed by atoms with E-state index in [-0.39, 0.29) is 6.10 Å². The Kier molecular flexibility index (Phi) is 3.21. The summed E-state index contributed by atoms with van der Waals surface area (Å²) in [5.41, 5.74) is 7.42. The molecular formula is C14H18N4O. The largest absolute Gasteiger partial charge is 0.399 e. The van der Waals surface area contributed by atoms with E-state index in [1.54, 1.807) is 6.33 Å². The fourth-order valence-electron chi connectivity index (χ4n) is 2.50. The summed E-state index contributed by atoms with van der Waals surface area (Å²) in [5.74, 6) is 0.974. The maximum absolute atomic E-state index is 5.81. The highest BCUT2D eigenvalue weighted by Gasteiger charge is 2.18. The molecule has 2 N–H and O–H groups in total. The van der Waals surface area contributed by atoms with E-state index in [1.807, 2.05) is 18.2 Å². The zero-order valence-electron chi connectivity index (χ0n) is 11.0. The summed E-state index contributed by atoms with van der Waals surface area (Å²) < 4.78 is 5.68. The van der Waals surface area contributed by atoms with Gasteiger partial charge in [0.1, 0.15) is 12.1 Å². The lowest BCUT2D eigenvalue weighted by Crippen LogP contribution is -2.31. The number of aromatic nitrogens is 2. The summed E-state index contributed by atoms with van der Waals surface area (Å²) in [6.07, 6.45) is 2.85. The first kappa shape index (κ1) is 12.2. The Balaban J connectivity index is 2.03. The number of ether oxygens (including phenoxy) is 1. The van der Waals surface area contributed by atoms with Gasteiger partial charge in [-0.1, -0.05) is 0 Å². The lowest BCUT2D eigenvalue weighted by Gasteiger charge is -2.24. The van der Waals surface area contributed by atoms with Crippen LogP contribution in [0.4, 0.5) is 11.5 Å². The fraction of sp³-hybridized carbons (Fsp3) is 0.429. The molecule has 1 unspecified atom stereocenters. The Morgan fingerprint density at radius 2 is 2.26 bits per heavy atom. The van der Waals surface area contributed by atoms with E-state index in [9.17, 15) is 0 Å². The van der Waals surface area contributed by atoms with Gasteiger partial charge in [-0.2, -0.15) is 0 Å². The maximum Gasteiger partial charge on any atom is 0.139 e. The first-order valence-electron chi connectivity index (χ1n) is 6.61. The Morgan fingerprint density at radius 1 is 1.37 bits per heavy atom. The highest BCUT2D eigenvalue weighted by atomic mass is 16.5. The van der Waals surface area contributed by atoms with Crippen LogP contribution in [0.15, 0.2) is 24.5 Å². The van der Waals surface area contributed by atoms with E-state index in [1.165, 1.54) is 0 Å². The van der Waals surface area contributed by atoms with Crippen LogP contribution in [0.5, 0.6) is 0 Å². The van der Waals surface area contributed by atoms with Crippen LogP contribution in [0, 0.1) is 0 Å². The number of nitrogen functional groups attached to an aromatic ring is 1. The number of anilines is 2. The van der Waals surface area contributed by atoms with Crippen molar-refractivity contribution in [2.75, 3.05) is 30.3 Å². The van der Waals surface area contributed by atoms with Gasteiger partial charge in [0.25, 0.3) is 0 Å². The van der Waals surface area contributed by atoms with Crippen LogP contribution in [0.3, 0.4) is 0 Å². The van der Waals surface area contributed by atoms with Gasteiger partial charge in [-0.3, -0.25) is 0 Å². The van der Waals surface area contributed by atoms with E-state index >= 15 is 0 Å². The Bertz CT molecular complexity index is 587. The van der Waals surface area contributed by atoms with Crippen LogP contribution in [-0.2, 0) is 4.74 Å². The summed E-state index contributed by atoms with van der Waals surface area (Å²) in [6.45, 7) is 4.73. The number of nitrogens with zero attached hydrogens (tertiary/aromatic N) is 3. The molecule has 2 heterocycles. The number of hydrogen-bond acceptors (Lipinski definition) is 5. The fourth-order valence-corrected chi connectivity index (χ4v) is 2.50. The normalized spacial score (nSPS) is 20.5. The van der Waals surface area contributed by atoms with Gasteiger partial charge >= 0.3 is 0 Å². The third-order valence-electron chi connectivity index (χ3n) is 3.39. The Morgan fingerprint density at radius 3 is 3.16 bits per heavy atom. The van der Waals surface area contributed by atoms with Crippen LogP contribution >= 0.6 is 0 Å². The van der Waals surface area contributed by atoms with Gasteiger partial charge in [-0.15, -0.1) is 0 Å². The summed E-state index contributed by atoms with van der Waals surface area (Å²) in [4.78, 5) is 11.0. The molecule has 1 aromatic carbocycles. The molecule has 1 fully saturated rings. The van der Waals surface area contributed by atoms with Crippen molar-refractivity contribution in [2.45, 2.75) is 19.4 Å². The molecule has 100 valence electrons. The second-order valence-electron chi connectivity index (χ2n) is 4.95. The molecule has 5 heteroatoms. The summed E-state index contributed by atoms with van der Waals surface area (Å²) >= 11 is 0. The molecule has 1 atom stereocenters. The molecule has 1 saturated heterocycles. The second kappa shape index (κ2) is 5.01. The first-order chi connectivity index (χ1) is 9.24. The molecule has 0 bridgehead atoms. The predicted octanol–water partition coefficient (Wildman–Crippen LogP) is 1.83. The van der Waals surface area contributed by atoms with E-state index in [4.69, 9.17) is 10.5 Å². The van der Waals surface area contributed by atoms with Crippen LogP contribution in [0.1, 0.15) is 13.3 Å². The molecule has 1 aliphatic heterocycles. The van der Waals surface area contributed by atoms with Crippen LogP contribution in [0.2, 0.25) is 0 Å². The highest BCUT2D eigenvalue weighted by Crippen LogP contribution is 2.25. The van der Waals surface area contributed by atoms with Gasteiger partial charge in [-0.25, -0.2) is 9.97 Å². The average molecular weight is 258 g/mol. The minimum absolute atomic E-state index is 0.223. The van der Waals surface area contributed by atoms with Crippen molar-refractivity contribution in [1.82, 2.24) is 9.97 Å². The zero-order valence-corrected chi connectivity index (χ0v) is 11.0. The van der Waals surface area contributed by atoms with Crippen molar-refractivity contribution in [3.05, 3.63) is 24.5 Å². The third kappa shape index (κ3) is 2.46. The maximum atomic E-state index is 5.81. The number of rotatable bonds is 1. The quantitative estimate of drug-likeness (QED) is 0.790. The van der Waals surface area contributed by atoms with E-state index in [0.29, 0.717) is 0 Å². The lowest BCUT2D eigenvalue weighted by atomic mass is 10.2. The topological polar surface area (TPSA) is 64.3 Å². The molecule has 0 spiro atoms. The highest BCUT2D eigenvalue weighted by molar-refractivity contribution is 5.91. The van der Waals surface area contributed by atoms with E-state index in [0.717, 1.165) is 48.5 Å². The number of benzene rings is 1. The number of hydrogen-bond donors (Lipinski definition) is 1. The molecule has 0 radical (unpaired) electrons. The molecule has 1 aliphatic rings. The van der Waals surface area contributed by atoms with Gasteiger partial charge in [0.2, 0.25) is 0 Å². The SMILES string of the molecule is CC1CN(c2ncnc3cc(N)ccc23)CCCO1. The molecule has 0 saturated carbocycles. The number of nitrogens with two attached hydrogens (primary N) is 1. The van der Waals surface area contributed by atoms with E-state index < -0.39 is 0 Å². The van der Waals surface area contributed by atoms with Crippen molar-refractivity contribution >= 4 is 22.4 Å². The van der Waals surface area contributed by atoms with Gasteiger partial charge < -0.3 is 15.4 Å². The summed E-state index contributed by atoms with van der Waals surface area (Å²) in [5, 5.41) is 1.05. The van der Waals surface area contributed by atoms with Crippen molar-refractivity contribution < 1.29 is 4.74 Å². The zero-order chi connectivity index (χ0) is 13.2. The monoisotopic (exact) mass is 258 g/mol. The minimum atomic E-state index is 0.223. The lowest BCUT2D eigenvalue weighted by molar-refractivity contribution is 0.0820. The van der Waals surface area contributed by atoms with Gasteiger partial charge in [0.15, 0.2) is 0 Å². The summed E-state index contributed by atoms with van der Waals surface area (Å²) in [6, 6.07) is 5.78. The first-order valence-corrected chi connectivity index (χ1v) is 6.61. The molecule has 5 nitrogen and oxygen atoms in total. The van der Waals surface area contributed by atoms with Crippen LogP contribution < -0.4 is 10.6 Å². The van der Waals surface area contributed by atoms with Gasteiger partial charge in [0, 0.05) is 30.8 Å². The number of fused-ring (bicyclic) bond motifs is 1. The van der Waals surface area contributed by atoms with Crippen molar-refractivity contribution in [2.24, 2.45) is 0 Å². The van der Waals surface area contributed by atoms with Gasteiger partial charge in [-0.05, 0) is 31.5 Å². The average Bonchev–Trinajstić information content (AvgIpc) is 2.62. The third-order valence-corrected chi connectivity index (χ3v) is 3.39. The predicted molar refractivity (Wildman–Crippen MR) is 76.2 cm³/mol. The van der Waals surface area contributed by atoms with Crippen LogP contribution in [-0.4, -0.2) is 35.8 Å². The Labute approximate surface area is 112 Å². The molecular weight excluding hydrogens is 240 g/mol. The van der Waals surface area contributed by atoms with Crippen molar-refractivity contribution in [3.8, 4) is 0 Å². The molecule has 19 heavy (non-hydrogen) atoms. The standard InChI is InChI=1S/C14H18N4O/c1-10-8-18(5-2-6-19-10)14-12-4-3-11(15)7-13(12)16-9-17-14/h3-4,7,9-10H,2,5-6,8,15H2,1H3.